The number of benzene rings is 1. The molecule has 0 saturated heterocycles. The second kappa shape index (κ2) is 7.21. The Morgan fingerprint density at radius 2 is 1.95 bits per heavy atom. The van der Waals surface area contributed by atoms with Crippen LogP contribution in [0.25, 0.3) is 0 Å². The van der Waals surface area contributed by atoms with Crippen LogP contribution in [0, 0.1) is 6.92 Å². The molecule has 0 spiro atoms. The van der Waals surface area contributed by atoms with Crippen LogP contribution in [0.1, 0.15) is 11.4 Å². The molecule has 0 amide bonds. The Kier molecular flexibility index (Phi) is 5.30. The molecule has 0 fully saturated rings. The third kappa shape index (κ3) is 4.96. The Bertz CT molecular complexity index is 452. The lowest BCUT2D eigenvalue weighted by molar-refractivity contribution is 0.313. The van der Waals surface area contributed by atoms with Crippen molar-refractivity contribution in [3.8, 4) is 5.75 Å². The van der Waals surface area contributed by atoms with E-state index in [0.717, 1.165) is 28.2 Å². The lowest BCUT2D eigenvalue weighted by Gasteiger charge is -2.07. The minimum Gasteiger partial charge on any atom is -0.492 e. The SMILES string of the molecule is Cc1cnc(CNCCOc2ccc(Br)cc2)cn1. The van der Waals surface area contributed by atoms with Gasteiger partial charge >= 0.3 is 0 Å². The first kappa shape index (κ1) is 14.0. The lowest BCUT2D eigenvalue weighted by Crippen LogP contribution is -2.21. The number of nitrogens with zero attached hydrogens (tertiary/aromatic N) is 2. The maximum Gasteiger partial charge on any atom is 0.119 e. The van der Waals surface area contributed by atoms with Gasteiger partial charge in [-0.1, -0.05) is 15.9 Å². The molecule has 2 aromatic rings. The number of ether oxygens (including phenoxy) is 1. The van der Waals surface area contributed by atoms with E-state index >= 15 is 0 Å². The highest BCUT2D eigenvalue weighted by Gasteiger charge is 1.96. The van der Waals surface area contributed by atoms with Crippen molar-refractivity contribution < 1.29 is 4.74 Å². The Hall–Kier alpha value is -1.46. The van der Waals surface area contributed by atoms with Crippen LogP contribution < -0.4 is 10.1 Å². The smallest absolute Gasteiger partial charge is 0.119 e. The van der Waals surface area contributed by atoms with E-state index in [2.05, 4.69) is 31.2 Å². The third-order valence-electron chi connectivity index (χ3n) is 2.50. The van der Waals surface area contributed by atoms with Crippen molar-refractivity contribution in [1.82, 2.24) is 15.3 Å². The van der Waals surface area contributed by atoms with E-state index in [0.29, 0.717) is 13.2 Å². The molecule has 0 unspecified atom stereocenters. The van der Waals surface area contributed by atoms with E-state index in [1.165, 1.54) is 0 Å². The molecule has 1 N–H and O–H groups in total. The first-order valence-corrected chi connectivity index (χ1v) is 6.90. The van der Waals surface area contributed by atoms with E-state index in [4.69, 9.17) is 4.74 Å². The van der Waals surface area contributed by atoms with Gasteiger partial charge in [0.2, 0.25) is 0 Å². The minimum absolute atomic E-state index is 0.626. The van der Waals surface area contributed by atoms with E-state index in [9.17, 15) is 0 Å². The minimum atomic E-state index is 0.626. The van der Waals surface area contributed by atoms with Crippen LogP contribution in [-0.2, 0) is 6.54 Å². The molecule has 0 bridgehead atoms. The molecule has 100 valence electrons. The predicted molar refractivity (Wildman–Crippen MR) is 78.1 cm³/mol. The van der Waals surface area contributed by atoms with Gasteiger partial charge < -0.3 is 10.1 Å². The van der Waals surface area contributed by atoms with Gasteiger partial charge in [0, 0.05) is 30.0 Å². The average molecular weight is 322 g/mol. The third-order valence-corrected chi connectivity index (χ3v) is 3.03. The summed E-state index contributed by atoms with van der Waals surface area (Å²) in [5.74, 6) is 0.875. The Morgan fingerprint density at radius 3 is 2.63 bits per heavy atom. The molecule has 0 aliphatic rings. The quantitative estimate of drug-likeness (QED) is 0.831. The topological polar surface area (TPSA) is 47.0 Å². The summed E-state index contributed by atoms with van der Waals surface area (Å²) in [6.45, 7) is 4.03. The van der Waals surface area contributed by atoms with Gasteiger partial charge in [-0.15, -0.1) is 0 Å². The number of aromatic nitrogens is 2. The van der Waals surface area contributed by atoms with Gasteiger partial charge in [-0.2, -0.15) is 0 Å². The van der Waals surface area contributed by atoms with Gasteiger partial charge in [0.1, 0.15) is 12.4 Å². The van der Waals surface area contributed by atoms with Gasteiger partial charge in [0.15, 0.2) is 0 Å². The summed E-state index contributed by atoms with van der Waals surface area (Å²) < 4.78 is 6.65. The summed E-state index contributed by atoms with van der Waals surface area (Å²) >= 11 is 3.39. The molecule has 4 nitrogen and oxygen atoms in total. The van der Waals surface area contributed by atoms with E-state index in [1.807, 2.05) is 31.2 Å². The predicted octanol–water partition coefficient (Wildman–Crippen LogP) is 2.72. The van der Waals surface area contributed by atoms with Gasteiger partial charge in [0.25, 0.3) is 0 Å². The highest BCUT2D eigenvalue weighted by Crippen LogP contribution is 2.15. The maximum atomic E-state index is 5.60. The molecule has 1 aromatic heterocycles. The van der Waals surface area contributed by atoms with Gasteiger partial charge in [-0.3, -0.25) is 9.97 Å². The zero-order chi connectivity index (χ0) is 13.5. The molecule has 2 rings (SSSR count). The Balaban J connectivity index is 1.64. The fourth-order valence-corrected chi connectivity index (χ4v) is 1.76. The van der Waals surface area contributed by atoms with Crippen molar-refractivity contribution in [3.63, 3.8) is 0 Å². The summed E-state index contributed by atoms with van der Waals surface area (Å²) in [6, 6.07) is 7.81. The van der Waals surface area contributed by atoms with Crippen molar-refractivity contribution in [2.75, 3.05) is 13.2 Å². The first-order chi connectivity index (χ1) is 9.24. The highest BCUT2D eigenvalue weighted by atomic mass is 79.9. The van der Waals surface area contributed by atoms with E-state index in [-0.39, 0.29) is 0 Å². The summed E-state index contributed by atoms with van der Waals surface area (Å²) in [7, 11) is 0. The molecule has 0 aliphatic heterocycles. The molecule has 0 atom stereocenters. The van der Waals surface area contributed by atoms with Crippen LogP contribution in [0.2, 0.25) is 0 Å². The summed E-state index contributed by atoms with van der Waals surface area (Å²) in [6.07, 6.45) is 3.56. The standard InChI is InChI=1S/C14H16BrN3O/c1-11-8-18-13(10-17-11)9-16-6-7-19-14-4-2-12(15)3-5-14/h2-5,8,10,16H,6-7,9H2,1H3. The molecule has 1 aromatic carbocycles. The van der Waals surface area contributed by atoms with E-state index in [1.54, 1.807) is 12.4 Å². The van der Waals surface area contributed by atoms with Crippen molar-refractivity contribution in [3.05, 3.63) is 52.5 Å². The molecule has 1 heterocycles. The zero-order valence-electron chi connectivity index (χ0n) is 10.8. The van der Waals surface area contributed by atoms with Crippen LogP contribution in [0.3, 0.4) is 0 Å². The number of halogens is 1. The zero-order valence-corrected chi connectivity index (χ0v) is 12.4. The second-order valence-corrected chi connectivity index (χ2v) is 5.04. The van der Waals surface area contributed by atoms with Gasteiger partial charge in [0.05, 0.1) is 11.4 Å². The van der Waals surface area contributed by atoms with Crippen LogP contribution in [0.4, 0.5) is 0 Å². The molecular formula is C14H16BrN3O. The highest BCUT2D eigenvalue weighted by molar-refractivity contribution is 9.10. The van der Waals surface area contributed by atoms with Gasteiger partial charge in [-0.05, 0) is 31.2 Å². The number of nitrogens with one attached hydrogen (secondary N) is 1. The second-order valence-electron chi connectivity index (χ2n) is 4.13. The molecule has 5 heteroatoms. The van der Waals surface area contributed by atoms with Crippen molar-refractivity contribution >= 4 is 15.9 Å². The molecule has 0 aliphatic carbocycles. The summed E-state index contributed by atoms with van der Waals surface area (Å²) in [5, 5.41) is 3.27. The number of aryl methyl sites for hydroxylation is 1. The molecule has 19 heavy (non-hydrogen) atoms. The van der Waals surface area contributed by atoms with Crippen molar-refractivity contribution in [1.29, 1.82) is 0 Å². The first-order valence-electron chi connectivity index (χ1n) is 6.10. The molecule has 0 saturated carbocycles. The molecular weight excluding hydrogens is 306 g/mol. The molecule has 0 radical (unpaired) electrons. The maximum absolute atomic E-state index is 5.60. The number of hydrogen-bond acceptors (Lipinski definition) is 4. The van der Waals surface area contributed by atoms with Crippen molar-refractivity contribution in [2.45, 2.75) is 13.5 Å². The van der Waals surface area contributed by atoms with E-state index < -0.39 is 0 Å². The Morgan fingerprint density at radius 1 is 1.16 bits per heavy atom. The van der Waals surface area contributed by atoms with Crippen LogP contribution in [0.15, 0.2) is 41.1 Å². The van der Waals surface area contributed by atoms with Gasteiger partial charge in [-0.25, -0.2) is 0 Å². The summed E-state index contributed by atoms with van der Waals surface area (Å²) in [5.41, 5.74) is 1.87. The van der Waals surface area contributed by atoms with Crippen LogP contribution in [0.5, 0.6) is 5.75 Å². The van der Waals surface area contributed by atoms with Crippen LogP contribution in [-0.4, -0.2) is 23.1 Å². The fraction of sp³-hybridized carbons (Fsp3) is 0.286. The number of hydrogen-bond donors (Lipinski definition) is 1. The van der Waals surface area contributed by atoms with Crippen LogP contribution >= 0.6 is 15.9 Å². The summed E-state index contributed by atoms with van der Waals surface area (Å²) in [4.78, 5) is 8.47. The monoisotopic (exact) mass is 321 g/mol. The Labute approximate surface area is 121 Å². The lowest BCUT2D eigenvalue weighted by atomic mass is 10.3. The largest absolute Gasteiger partial charge is 0.492 e. The number of rotatable bonds is 6. The normalized spacial score (nSPS) is 10.4. The van der Waals surface area contributed by atoms with Crippen molar-refractivity contribution in [2.24, 2.45) is 0 Å². The fourth-order valence-electron chi connectivity index (χ4n) is 1.50. The average Bonchev–Trinajstić information content (AvgIpc) is 2.43.